The van der Waals surface area contributed by atoms with Gasteiger partial charge in [-0.25, -0.2) is 0 Å². The molecule has 0 saturated carbocycles. The van der Waals surface area contributed by atoms with Gasteiger partial charge in [0.25, 0.3) is 0 Å². The van der Waals surface area contributed by atoms with Crippen molar-refractivity contribution in [3.8, 4) is 5.75 Å². The van der Waals surface area contributed by atoms with Crippen molar-refractivity contribution in [1.82, 2.24) is 0 Å². The van der Waals surface area contributed by atoms with Gasteiger partial charge in [0.1, 0.15) is 6.61 Å². The largest absolute Gasteiger partial charge is 2.00 e. The van der Waals surface area contributed by atoms with E-state index < -0.39 is 0 Å². The second kappa shape index (κ2) is 8.51. The van der Waals surface area contributed by atoms with Gasteiger partial charge in [0.2, 0.25) is 0 Å². The van der Waals surface area contributed by atoms with E-state index >= 15 is 0 Å². The summed E-state index contributed by atoms with van der Waals surface area (Å²) < 4.78 is 18.6. The van der Waals surface area contributed by atoms with Gasteiger partial charge in [0.15, 0.2) is 0 Å². The fraction of sp³-hybridized carbons (Fsp3) is 0.143. The van der Waals surface area contributed by atoms with E-state index in [1.54, 1.807) is 12.1 Å². The van der Waals surface area contributed by atoms with Crippen LogP contribution in [0.1, 0.15) is 11.1 Å². The minimum atomic E-state index is -0.379. The molecule has 0 bridgehead atoms. The monoisotopic (exact) mass is 318 g/mol. The van der Waals surface area contributed by atoms with Crippen LogP contribution in [0, 0.1) is 18.8 Å². The van der Waals surface area contributed by atoms with Gasteiger partial charge in [0.05, 0.1) is 0 Å². The molecule has 1 nitrogen and oxygen atoms in total. The first-order valence-electron chi connectivity index (χ1n) is 5.09. The topological polar surface area (TPSA) is 9.23 Å². The van der Waals surface area contributed by atoms with Gasteiger partial charge in [-0.3, -0.25) is 4.39 Å². The van der Waals surface area contributed by atoms with Crippen LogP contribution in [0.4, 0.5) is 4.39 Å². The Morgan fingerprint density at radius 1 is 1.28 bits per heavy atom. The van der Waals surface area contributed by atoms with E-state index in [1.807, 2.05) is 31.2 Å². The van der Waals surface area contributed by atoms with Crippen LogP contribution in [-0.2, 0) is 6.61 Å². The van der Waals surface area contributed by atoms with E-state index in [0.717, 1.165) is 5.56 Å². The molecule has 90 valence electrons. The molecule has 0 aliphatic carbocycles. The summed E-state index contributed by atoms with van der Waals surface area (Å²) in [6, 6.07) is 15.1. The van der Waals surface area contributed by atoms with Crippen molar-refractivity contribution >= 4 is 23.1 Å². The standard InChI is InChI=1S/C14H12FO.BrH.Mg/c1-11-5-4-6-12(9-11)10-16-14-8-3-2-7-13(14)15;;/h3-9H,10H2,1H3;1H;/q-1;;+2/p-1. The van der Waals surface area contributed by atoms with Crippen LogP contribution in [-0.4, -0.2) is 23.1 Å². The molecule has 0 spiro atoms. The number of hydrogen-bond donors (Lipinski definition) is 0. The van der Waals surface area contributed by atoms with E-state index in [2.05, 4.69) is 6.07 Å². The van der Waals surface area contributed by atoms with Crippen molar-refractivity contribution in [3.63, 3.8) is 0 Å². The Balaban J connectivity index is 0.00000144. The number of rotatable bonds is 3. The van der Waals surface area contributed by atoms with Crippen LogP contribution in [0.5, 0.6) is 5.75 Å². The van der Waals surface area contributed by atoms with E-state index in [1.165, 1.54) is 11.6 Å². The van der Waals surface area contributed by atoms with Gasteiger partial charge in [-0.1, -0.05) is 29.8 Å². The second-order valence-electron chi connectivity index (χ2n) is 3.63. The van der Waals surface area contributed by atoms with Crippen LogP contribution in [0.25, 0.3) is 0 Å². The summed E-state index contributed by atoms with van der Waals surface area (Å²) in [7, 11) is 0. The smallest absolute Gasteiger partial charge is 1.00 e. The van der Waals surface area contributed by atoms with Crippen molar-refractivity contribution in [2.45, 2.75) is 13.5 Å². The first-order valence-corrected chi connectivity index (χ1v) is 5.09. The Hall–Kier alpha value is -0.584. The van der Waals surface area contributed by atoms with Gasteiger partial charge in [-0.05, 0) is 12.5 Å². The molecule has 2 aromatic carbocycles. The summed E-state index contributed by atoms with van der Waals surface area (Å²) in [5.74, 6) is -0.115. The zero-order valence-corrected chi connectivity index (χ0v) is 13.1. The number of aryl methyl sites for hydroxylation is 1. The molecule has 4 heteroatoms. The third-order valence-corrected chi connectivity index (χ3v) is 2.25. The molecule has 18 heavy (non-hydrogen) atoms. The van der Waals surface area contributed by atoms with Crippen LogP contribution < -0.4 is 21.7 Å². The first kappa shape index (κ1) is 17.4. The van der Waals surface area contributed by atoms with E-state index in [4.69, 9.17) is 4.74 Å². The normalized spacial score (nSPS) is 9.00. The second-order valence-corrected chi connectivity index (χ2v) is 3.63. The predicted octanol–water partition coefficient (Wildman–Crippen LogP) is 0.137. The molecule has 0 aliphatic rings. The Morgan fingerprint density at radius 2 is 2.06 bits per heavy atom. The molecule has 0 radical (unpaired) electrons. The number of ether oxygens (including phenoxy) is 1. The average Bonchev–Trinajstić information content (AvgIpc) is 2.28. The number of halogens is 2. The zero-order valence-electron chi connectivity index (χ0n) is 10.1. The minimum Gasteiger partial charge on any atom is -1.00 e. The summed E-state index contributed by atoms with van der Waals surface area (Å²) in [5, 5.41) is 0. The molecule has 0 aromatic heterocycles. The SMILES string of the molecule is Cc1cccc(COc2cc[c-]cc2F)c1.[Br-].[Mg+2]. The maximum atomic E-state index is 13.2. The molecule has 0 unspecified atom stereocenters. The third kappa shape index (κ3) is 4.96. The number of hydrogen-bond acceptors (Lipinski definition) is 1. The van der Waals surface area contributed by atoms with Crippen LogP contribution in [0.15, 0.2) is 42.5 Å². The van der Waals surface area contributed by atoms with Crippen LogP contribution in [0.3, 0.4) is 0 Å². The molecule has 0 aliphatic heterocycles. The summed E-state index contributed by atoms with van der Waals surface area (Å²) in [6.45, 7) is 2.39. The Labute approximate surface area is 133 Å². The van der Waals surface area contributed by atoms with E-state index in [-0.39, 0.29) is 51.6 Å². The van der Waals surface area contributed by atoms with Gasteiger partial charge in [0, 0.05) is 11.6 Å². The molecule has 2 rings (SSSR count). The molecule has 0 atom stereocenters. The van der Waals surface area contributed by atoms with Gasteiger partial charge < -0.3 is 21.7 Å². The predicted molar refractivity (Wildman–Crippen MR) is 66.5 cm³/mol. The fourth-order valence-corrected chi connectivity index (χ4v) is 1.48. The summed E-state index contributed by atoms with van der Waals surface area (Å²) >= 11 is 0. The van der Waals surface area contributed by atoms with Crippen LogP contribution >= 0.6 is 0 Å². The van der Waals surface area contributed by atoms with Crippen molar-refractivity contribution < 1.29 is 26.1 Å². The quantitative estimate of drug-likeness (QED) is 0.578. The van der Waals surface area contributed by atoms with E-state index in [9.17, 15) is 4.39 Å². The molecule has 2 aromatic rings. The molecule has 0 saturated heterocycles. The Morgan fingerprint density at radius 3 is 2.72 bits per heavy atom. The van der Waals surface area contributed by atoms with Crippen molar-refractivity contribution in [2.24, 2.45) is 0 Å². The van der Waals surface area contributed by atoms with Gasteiger partial charge >= 0.3 is 23.1 Å². The molecule has 0 heterocycles. The summed E-state index contributed by atoms with van der Waals surface area (Å²) in [5.41, 5.74) is 2.20. The number of benzene rings is 2. The molecular weight excluding hydrogens is 307 g/mol. The molecular formula is C14H12BrFMgO. The summed E-state index contributed by atoms with van der Waals surface area (Å²) in [4.78, 5) is 0. The molecule has 0 fully saturated rings. The minimum absolute atomic E-state index is 0. The first-order chi connectivity index (χ1) is 7.75. The zero-order chi connectivity index (χ0) is 11.4. The van der Waals surface area contributed by atoms with Crippen molar-refractivity contribution in [2.75, 3.05) is 0 Å². The Bertz CT molecular complexity index is 491. The molecule has 0 amide bonds. The average molecular weight is 319 g/mol. The fourth-order valence-electron chi connectivity index (χ4n) is 1.48. The maximum absolute atomic E-state index is 13.2. The van der Waals surface area contributed by atoms with Gasteiger partial charge in [-0.15, -0.1) is 12.1 Å². The van der Waals surface area contributed by atoms with E-state index in [0.29, 0.717) is 6.61 Å². The maximum Gasteiger partial charge on any atom is 2.00 e. The Kier molecular flexibility index (Phi) is 8.23. The van der Waals surface area contributed by atoms with Gasteiger partial charge in [-0.2, -0.15) is 12.1 Å². The molecule has 0 N–H and O–H groups in total. The summed E-state index contributed by atoms with van der Waals surface area (Å²) in [6.07, 6.45) is 0. The van der Waals surface area contributed by atoms with Crippen molar-refractivity contribution in [1.29, 1.82) is 0 Å². The third-order valence-electron chi connectivity index (χ3n) is 2.25. The van der Waals surface area contributed by atoms with Crippen LogP contribution in [0.2, 0.25) is 0 Å². The van der Waals surface area contributed by atoms with Crippen molar-refractivity contribution in [3.05, 3.63) is 65.5 Å².